The van der Waals surface area contributed by atoms with E-state index in [4.69, 9.17) is 4.42 Å². The molecular formula is C22H16NO3. The van der Waals surface area contributed by atoms with E-state index < -0.39 is 0 Å². The maximum absolute atomic E-state index is 9.71. The summed E-state index contributed by atoms with van der Waals surface area (Å²) in [6.07, 6.45) is 1.61. The van der Waals surface area contributed by atoms with E-state index in [9.17, 15) is 10.2 Å². The predicted molar refractivity (Wildman–Crippen MR) is 98.7 cm³/mol. The standard InChI is InChI=1S/C22H16NO3/c24-19-12-11-17(13-20(19)25)22-23-18(14-26-22)21(15-7-3-1-4-8-15)16-9-5-2-6-10-16/h1-14,24-25H. The van der Waals surface area contributed by atoms with Gasteiger partial charge >= 0.3 is 0 Å². The molecule has 3 aromatic carbocycles. The molecule has 0 fully saturated rings. The van der Waals surface area contributed by atoms with Crippen molar-refractivity contribution < 1.29 is 14.6 Å². The Balaban J connectivity index is 1.78. The first kappa shape index (κ1) is 16.0. The van der Waals surface area contributed by atoms with Crippen molar-refractivity contribution in [3.8, 4) is 23.0 Å². The molecule has 1 radical (unpaired) electrons. The van der Waals surface area contributed by atoms with Gasteiger partial charge in [0.05, 0.1) is 11.6 Å². The van der Waals surface area contributed by atoms with Crippen LogP contribution in [0.4, 0.5) is 0 Å². The zero-order chi connectivity index (χ0) is 17.9. The molecule has 0 spiro atoms. The highest BCUT2D eigenvalue weighted by molar-refractivity contribution is 5.61. The van der Waals surface area contributed by atoms with Gasteiger partial charge < -0.3 is 14.6 Å². The fourth-order valence-electron chi connectivity index (χ4n) is 2.85. The van der Waals surface area contributed by atoms with Crippen molar-refractivity contribution in [2.75, 3.05) is 0 Å². The second-order valence-electron chi connectivity index (χ2n) is 5.85. The number of hydrogen-bond acceptors (Lipinski definition) is 4. The summed E-state index contributed by atoms with van der Waals surface area (Å²) < 4.78 is 5.64. The van der Waals surface area contributed by atoms with Crippen LogP contribution in [0.25, 0.3) is 11.5 Å². The van der Waals surface area contributed by atoms with Gasteiger partial charge in [-0.3, -0.25) is 0 Å². The number of phenolic OH excluding ortho intramolecular Hbond substituents is 2. The second-order valence-corrected chi connectivity index (χ2v) is 5.85. The lowest BCUT2D eigenvalue weighted by molar-refractivity contribution is 0.403. The molecule has 4 aromatic rings. The molecule has 0 bridgehead atoms. The minimum Gasteiger partial charge on any atom is -0.504 e. The number of phenols is 2. The largest absolute Gasteiger partial charge is 0.504 e. The van der Waals surface area contributed by atoms with Gasteiger partial charge in [0.2, 0.25) is 5.89 Å². The number of rotatable bonds is 4. The smallest absolute Gasteiger partial charge is 0.226 e. The van der Waals surface area contributed by atoms with Gasteiger partial charge in [0.15, 0.2) is 11.5 Å². The molecule has 1 aromatic heterocycles. The minimum absolute atomic E-state index is 0.179. The third-order valence-corrected chi connectivity index (χ3v) is 4.11. The number of oxazole rings is 1. The number of benzene rings is 3. The molecule has 4 heteroatoms. The summed E-state index contributed by atoms with van der Waals surface area (Å²) in [5.74, 6) is 0.947. The van der Waals surface area contributed by atoms with Crippen LogP contribution in [-0.4, -0.2) is 15.2 Å². The Morgan fingerprint density at radius 2 is 1.35 bits per heavy atom. The summed E-state index contributed by atoms with van der Waals surface area (Å²) in [5, 5.41) is 19.2. The lowest BCUT2D eigenvalue weighted by Crippen LogP contribution is -2.04. The van der Waals surface area contributed by atoms with Crippen LogP contribution in [0, 0.1) is 5.92 Å². The van der Waals surface area contributed by atoms with Crippen molar-refractivity contribution in [2.24, 2.45) is 0 Å². The molecule has 0 unspecified atom stereocenters. The van der Waals surface area contributed by atoms with Crippen LogP contribution < -0.4 is 0 Å². The molecule has 0 aliphatic heterocycles. The van der Waals surface area contributed by atoms with Crippen molar-refractivity contribution in [2.45, 2.75) is 0 Å². The summed E-state index contributed by atoms with van der Waals surface area (Å²) in [5.41, 5.74) is 3.36. The molecular weight excluding hydrogens is 326 g/mol. The van der Waals surface area contributed by atoms with Gasteiger partial charge in [-0.2, -0.15) is 0 Å². The van der Waals surface area contributed by atoms with Gasteiger partial charge in [0.1, 0.15) is 6.26 Å². The summed E-state index contributed by atoms with van der Waals surface area (Å²) in [6.45, 7) is 0. The molecule has 4 rings (SSSR count). The zero-order valence-electron chi connectivity index (χ0n) is 13.8. The van der Waals surface area contributed by atoms with E-state index in [-0.39, 0.29) is 11.5 Å². The van der Waals surface area contributed by atoms with Crippen molar-refractivity contribution >= 4 is 0 Å². The fraction of sp³-hybridized carbons (Fsp3) is 0. The average molecular weight is 342 g/mol. The Kier molecular flexibility index (Phi) is 4.15. The van der Waals surface area contributed by atoms with E-state index in [2.05, 4.69) is 4.98 Å². The molecule has 127 valence electrons. The van der Waals surface area contributed by atoms with Crippen LogP contribution in [0.15, 0.2) is 89.5 Å². The predicted octanol–water partition coefficient (Wildman–Crippen LogP) is 4.77. The molecule has 2 N–H and O–H groups in total. The van der Waals surface area contributed by atoms with Gasteiger partial charge in [-0.25, -0.2) is 4.98 Å². The van der Waals surface area contributed by atoms with Gasteiger partial charge in [-0.05, 0) is 29.3 Å². The van der Waals surface area contributed by atoms with E-state index >= 15 is 0 Å². The summed E-state index contributed by atoms with van der Waals surface area (Å²) in [7, 11) is 0. The van der Waals surface area contributed by atoms with Gasteiger partial charge in [0, 0.05) is 5.56 Å². The third kappa shape index (κ3) is 3.05. The van der Waals surface area contributed by atoms with Crippen LogP contribution in [0.5, 0.6) is 11.5 Å². The highest BCUT2D eigenvalue weighted by atomic mass is 16.3. The van der Waals surface area contributed by atoms with E-state index in [0.29, 0.717) is 17.1 Å². The van der Waals surface area contributed by atoms with Gasteiger partial charge in [0.25, 0.3) is 0 Å². The van der Waals surface area contributed by atoms with E-state index in [1.807, 2.05) is 60.7 Å². The van der Waals surface area contributed by atoms with E-state index in [1.54, 1.807) is 12.3 Å². The zero-order valence-corrected chi connectivity index (χ0v) is 13.8. The molecule has 1 heterocycles. The van der Waals surface area contributed by atoms with Crippen molar-refractivity contribution in [1.29, 1.82) is 0 Å². The third-order valence-electron chi connectivity index (χ3n) is 4.11. The average Bonchev–Trinajstić information content (AvgIpc) is 3.16. The Morgan fingerprint density at radius 3 is 1.92 bits per heavy atom. The molecule has 0 saturated carbocycles. The number of hydrogen-bond donors (Lipinski definition) is 2. The normalized spacial score (nSPS) is 11.0. The molecule has 0 aliphatic rings. The van der Waals surface area contributed by atoms with Crippen LogP contribution in [0.3, 0.4) is 0 Å². The summed E-state index contributed by atoms with van der Waals surface area (Å²) in [6, 6.07) is 24.5. The molecule has 26 heavy (non-hydrogen) atoms. The molecule has 0 atom stereocenters. The SMILES string of the molecule is Oc1ccc(-c2nc([C](c3ccccc3)c3ccccc3)co2)cc1O. The number of aromatic hydroxyl groups is 2. The van der Waals surface area contributed by atoms with Crippen molar-refractivity contribution in [3.63, 3.8) is 0 Å². The monoisotopic (exact) mass is 342 g/mol. The first-order valence-electron chi connectivity index (χ1n) is 8.18. The quantitative estimate of drug-likeness (QED) is 0.524. The number of aromatic nitrogens is 1. The van der Waals surface area contributed by atoms with Crippen molar-refractivity contribution in [1.82, 2.24) is 4.98 Å². The summed E-state index contributed by atoms with van der Waals surface area (Å²) in [4.78, 5) is 4.61. The Bertz CT molecular complexity index is 971. The maximum Gasteiger partial charge on any atom is 0.226 e. The first-order chi connectivity index (χ1) is 12.7. The highest BCUT2D eigenvalue weighted by Gasteiger charge is 2.22. The molecule has 0 aliphatic carbocycles. The molecule has 4 nitrogen and oxygen atoms in total. The Labute approximate surface area is 151 Å². The van der Waals surface area contributed by atoms with Crippen LogP contribution in [0.2, 0.25) is 0 Å². The van der Waals surface area contributed by atoms with Crippen LogP contribution in [0.1, 0.15) is 16.8 Å². The second kappa shape index (κ2) is 6.76. The lowest BCUT2D eigenvalue weighted by Gasteiger charge is -2.14. The number of nitrogens with zero attached hydrogens (tertiary/aromatic N) is 1. The summed E-state index contributed by atoms with van der Waals surface area (Å²) >= 11 is 0. The van der Waals surface area contributed by atoms with E-state index in [1.165, 1.54) is 12.1 Å². The van der Waals surface area contributed by atoms with Gasteiger partial charge in [-0.1, -0.05) is 60.7 Å². The van der Waals surface area contributed by atoms with Gasteiger partial charge in [-0.15, -0.1) is 0 Å². The maximum atomic E-state index is 9.71. The molecule has 0 amide bonds. The highest BCUT2D eigenvalue weighted by Crippen LogP contribution is 2.34. The Hall–Kier alpha value is -3.53. The first-order valence-corrected chi connectivity index (χ1v) is 8.18. The molecule has 0 saturated heterocycles. The van der Waals surface area contributed by atoms with Crippen LogP contribution >= 0.6 is 0 Å². The topological polar surface area (TPSA) is 66.5 Å². The van der Waals surface area contributed by atoms with Crippen molar-refractivity contribution in [3.05, 3.63) is 108 Å². The lowest BCUT2D eigenvalue weighted by atomic mass is 9.89. The fourth-order valence-corrected chi connectivity index (χ4v) is 2.85. The minimum atomic E-state index is -0.211. The van der Waals surface area contributed by atoms with E-state index in [0.717, 1.165) is 17.0 Å². The Morgan fingerprint density at radius 1 is 0.731 bits per heavy atom. The van der Waals surface area contributed by atoms with Crippen LogP contribution in [-0.2, 0) is 0 Å².